The van der Waals surface area contributed by atoms with Crippen molar-refractivity contribution in [2.75, 3.05) is 11.9 Å². The van der Waals surface area contributed by atoms with Gasteiger partial charge >= 0.3 is 0 Å². The Balaban J connectivity index is 1.70. The van der Waals surface area contributed by atoms with Crippen LogP contribution in [0.15, 0.2) is 40.2 Å². The van der Waals surface area contributed by atoms with Gasteiger partial charge in [0.05, 0.1) is 10.6 Å². The first-order valence-electron chi connectivity index (χ1n) is 10.0. The average molecular weight is 464 g/mol. The van der Waals surface area contributed by atoms with E-state index in [1.807, 2.05) is 6.92 Å². The van der Waals surface area contributed by atoms with Crippen molar-refractivity contribution in [1.82, 2.24) is 14.5 Å². The van der Waals surface area contributed by atoms with Gasteiger partial charge in [-0.25, -0.2) is 8.42 Å². The number of hydrogen-bond donors (Lipinski definition) is 2. The summed E-state index contributed by atoms with van der Waals surface area (Å²) in [5, 5.41) is 7.57. The van der Waals surface area contributed by atoms with Gasteiger partial charge in [-0.1, -0.05) is 31.5 Å². The normalized spacial score (nSPS) is 14.3. The fourth-order valence-electron chi connectivity index (χ4n) is 3.14. The van der Waals surface area contributed by atoms with Gasteiger partial charge < -0.3 is 5.32 Å². The van der Waals surface area contributed by atoms with Crippen LogP contribution in [0, 0.1) is 12.8 Å². The minimum atomic E-state index is -3.75. The molecular weight excluding hydrogens is 438 g/mol. The summed E-state index contributed by atoms with van der Waals surface area (Å²) in [6, 6.07) is 6.07. The maximum absolute atomic E-state index is 12.5. The molecule has 166 valence electrons. The van der Waals surface area contributed by atoms with Crippen LogP contribution in [0.5, 0.6) is 0 Å². The Morgan fingerprint density at radius 2 is 2.13 bits per heavy atom. The van der Waals surface area contributed by atoms with E-state index in [0.29, 0.717) is 47.7 Å². The van der Waals surface area contributed by atoms with Crippen molar-refractivity contribution >= 4 is 45.1 Å². The molecule has 0 bridgehead atoms. The van der Waals surface area contributed by atoms with Gasteiger partial charge in [0.1, 0.15) is 11.0 Å². The van der Waals surface area contributed by atoms with Crippen LogP contribution in [0.2, 0.25) is 5.15 Å². The summed E-state index contributed by atoms with van der Waals surface area (Å²) >= 11 is 6.39. The maximum atomic E-state index is 12.5. The monoisotopic (exact) mass is 463 g/mol. The lowest BCUT2D eigenvalue weighted by molar-refractivity contribution is -0.111. The second-order valence-corrected chi connectivity index (χ2v) is 9.79. The molecular formula is C21H26ClN5O3S. The van der Waals surface area contributed by atoms with E-state index >= 15 is 0 Å². The smallest absolute Gasteiger partial charge is 0.262 e. The number of aromatic nitrogens is 2. The van der Waals surface area contributed by atoms with Crippen molar-refractivity contribution < 1.29 is 13.2 Å². The molecule has 0 radical (unpaired) electrons. The maximum Gasteiger partial charge on any atom is 0.262 e. The number of aryl methyl sites for hydroxylation is 1. The number of amides is 1. The number of carbonyl (C=O) groups excluding carboxylic acids is 1. The van der Waals surface area contributed by atoms with Crippen LogP contribution in [-0.4, -0.2) is 36.5 Å². The minimum absolute atomic E-state index is 0.0535. The summed E-state index contributed by atoms with van der Waals surface area (Å²) < 4.78 is 29.3. The Kier molecular flexibility index (Phi) is 7.17. The fraction of sp³-hybridized carbons (Fsp3) is 0.381. The largest absolute Gasteiger partial charge is 0.322 e. The SMILES string of the molecule is Cc1nn(CC(C)C)c(Cl)c1/C=C/C(=O)Nc1cccc(S(=O)(=O)NC2=NCCC2)c1. The second kappa shape index (κ2) is 9.65. The molecule has 8 nitrogen and oxygen atoms in total. The quantitative estimate of drug-likeness (QED) is 0.611. The van der Waals surface area contributed by atoms with Gasteiger partial charge in [0.15, 0.2) is 0 Å². The Bertz CT molecular complexity index is 1140. The topological polar surface area (TPSA) is 105 Å². The molecule has 2 aromatic rings. The van der Waals surface area contributed by atoms with E-state index in [4.69, 9.17) is 11.6 Å². The molecule has 2 heterocycles. The standard InChI is InChI=1S/C21H26ClN5O3S/c1-14(2)13-27-21(22)18(15(3)25-27)9-10-20(28)24-16-6-4-7-17(12-16)31(29,30)26-19-8-5-11-23-19/h4,6-7,9-10,12,14H,5,8,11,13H2,1-3H3,(H,23,26)(H,24,28)/b10-9+. The number of halogens is 1. The molecule has 0 aliphatic carbocycles. The minimum Gasteiger partial charge on any atom is -0.322 e. The number of nitrogens with zero attached hydrogens (tertiary/aromatic N) is 3. The van der Waals surface area contributed by atoms with Gasteiger partial charge in [0, 0.05) is 36.8 Å². The molecule has 0 unspecified atom stereocenters. The summed E-state index contributed by atoms with van der Waals surface area (Å²) in [4.78, 5) is 16.6. The highest BCUT2D eigenvalue weighted by Gasteiger charge is 2.19. The molecule has 1 aromatic carbocycles. The summed E-state index contributed by atoms with van der Waals surface area (Å²) in [5.41, 5.74) is 1.77. The molecule has 0 saturated heterocycles. The van der Waals surface area contributed by atoms with Crippen molar-refractivity contribution in [3.8, 4) is 0 Å². The first kappa shape index (κ1) is 23.0. The van der Waals surface area contributed by atoms with Gasteiger partial charge in [-0.05, 0) is 43.5 Å². The predicted molar refractivity (Wildman–Crippen MR) is 123 cm³/mol. The predicted octanol–water partition coefficient (Wildman–Crippen LogP) is 3.62. The Hall–Kier alpha value is -2.65. The first-order valence-corrected chi connectivity index (χ1v) is 11.9. The lowest BCUT2D eigenvalue weighted by Gasteiger charge is -2.09. The highest BCUT2D eigenvalue weighted by atomic mass is 35.5. The third-order valence-electron chi connectivity index (χ3n) is 4.59. The molecule has 0 saturated carbocycles. The molecule has 31 heavy (non-hydrogen) atoms. The lowest BCUT2D eigenvalue weighted by Crippen LogP contribution is -2.29. The molecule has 1 aromatic heterocycles. The molecule has 10 heteroatoms. The van der Waals surface area contributed by atoms with Gasteiger partial charge in [-0.3, -0.25) is 19.2 Å². The number of carbonyl (C=O) groups is 1. The number of amidine groups is 1. The van der Waals surface area contributed by atoms with Crippen molar-refractivity contribution in [2.24, 2.45) is 10.9 Å². The van der Waals surface area contributed by atoms with E-state index in [2.05, 4.69) is 34.0 Å². The fourth-order valence-corrected chi connectivity index (χ4v) is 4.59. The zero-order valence-corrected chi connectivity index (χ0v) is 19.3. The zero-order chi connectivity index (χ0) is 22.6. The third-order valence-corrected chi connectivity index (χ3v) is 6.36. The van der Waals surface area contributed by atoms with Crippen molar-refractivity contribution in [3.05, 3.63) is 46.8 Å². The van der Waals surface area contributed by atoms with E-state index < -0.39 is 15.9 Å². The number of nitrogens with one attached hydrogen (secondary N) is 2. The summed E-state index contributed by atoms with van der Waals surface area (Å²) in [5.74, 6) is 0.438. The van der Waals surface area contributed by atoms with E-state index in [-0.39, 0.29) is 4.90 Å². The number of aliphatic imine (C=N–C) groups is 1. The van der Waals surface area contributed by atoms with Crippen LogP contribution in [0.3, 0.4) is 0 Å². The highest BCUT2D eigenvalue weighted by molar-refractivity contribution is 7.90. The number of anilines is 1. The zero-order valence-electron chi connectivity index (χ0n) is 17.7. The highest BCUT2D eigenvalue weighted by Crippen LogP contribution is 2.22. The van der Waals surface area contributed by atoms with Gasteiger partial charge in [0.25, 0.3) is 10.0 Å². The van der Waals surface area contributed by atoms with Gasteiger partial charge in [0.2, 0.25) is 5.91 Å². The molecule has 2 N–H and O–H groups in total. The van der Waals surface area contributed by atoms with Crippen LogP contribution in [0.1, 0.15) is 37.9 Å². The molecule has 1 aliphatic heterocycles. The van der Waals surface area contributed by atoms with Gasteiger partial charge in [-0.2, -0.15) is 5.10 Å². The molecule has 1 aliphatic rings. The summed E-state index contributed by atoms with van der Waals surface area (Å²) in [6.45, 7) is 7.28. The van der Waals surface area contributed by atoms with Crippen LogP contribution in [0.25, 0.3) is 6.08 Å². The lowest BCUT2D eigenvalue weighted by atomic mass is 10.2. The number of benzene rings is 1. The third kappa shape index (κ3) is 5.95. The van der Waals surface area contributed by atoms with Crippen LogP contribution in [-0.2, 0) is 21.4 Å². The Morgan fingerprint density at radius 1 is 1.35 bits per heavy atom. The summed E-state index contributed by atoms with van der Waals surface area (Å²) in [6.07, 6.45) is 4.40. The van der Waals surface area contributed by atoms with E-state index in [1.54, 1.807) is 22.9 Å². The molecule has 1 amide bonds. The van der Waals surface area contributed by atoms with Crippen molar-refractivity contribution in [2.45, 2.75) is 45.1 Å². The first-order chi connectivity index (χ1) is 14.7. The van der Waals surface area contributed by atoms with E-state index in [0.717, 1.165) is 12.1 Å². The molecule has 3 rings (SSSR count). The Morgan fingerprint density at radius 3 is 2.81 bits per heavy atom. The van der Waals surface area contributed by atoms with Crippen molar-refractivity contribution in [1.29, 1.82) is 0 Å². The van der Waals surface area contributed by atoms with E-state index in [9.17, 15) is 13.2 Å². The molecule has 0 atom stereocenters. The molecule has 0 fully saturated rings. The molecule has 0 spiro atoms. The van der Waals surface area contributed by atoms with Crippen LogP contribution >= 0.6 is 11.6 Å². The number of sulfonamides is 1. The second-order valence-electron chi connectivity index (χ2n) is 7.75. The van der Waals surface area contributed by atoms with Gasteiger partial charge in [-0.15, -0.1) is 0 Å². The average Bonchev–Trinajstić information content (AvgIpc) is 3.28. The van der Waals surface area contributed by atoms with Crippen molar-refractivity contribution in [3.63, 3.8) is 0 Å². The number of rotatable bonds is 7. The number of hydrogen-bond acceptors (Lipinski definition) is 5. The Labute approximate surface area is 187 Å². The van der Waals surface area contributed by atoms with E-state index in [1.165, 1.54) is 18.2 Å². The summed E-state index contributed by atoms with van der Waals surface area (Å²) in [7, 11) is -3.75. The van der Waals surface area contributed by atoms with Crippen LogP contribution < -0.4 is 10.0 Å². The van der Waals surface area contributed by atoms with Crippen LogP contribution in [0.4, 0.5) is 5.69 Å².